The first-order valence-corrected chi connectivity index (χ1v) is 5.02. The summed E-state index contributed by atoms with van der Waals surface area (Å²) in [4.78, 5) is 6.78. The monoisotopic (exact) mass is 209 g/mol. The molecule has 0 aliphatic carbocycles. The van der Waals surface area contributed by atoms with Gasteiger partial charge in [0.2, 0.25) is 0 Å². The Morgan fingerprint density at radius 2 is 2.43 bits per heavy atom. The van der Waals surface area contributed by atoms with Gasteiger partial charge in [0, 0.05) is 25.5 Å². The molecule has 0 saturated heterocycles. The van der Waals surface area contributed by atoms with Crippen LogP contribution in [0.15, 0.2) is 24.5 Å². The molecule has 0 unspecified atom stereocenters. The lowest BCUT2D eigenvalue weighted by atomic mass is 10.2. The molecule has 0 aliphatic rings. The van der Waals surface area contributed by atoms with E-state index in [1.165, 1.54) is 5.56 Å². The zero-order valence-electron chi connectivity index (χ0n) is 8.31. The largest absolute Gasteiger partial charge is 0.392 e. The van der Waals surface area contributed by atoms with Gasteiger partial charge in [-0.2, -0.15) is 0 Å². The maximum atomic E-state index is 5.50. The van der Waals surface area contributed by atoms with Crippen molar-refractivity contribution in [3.8, 4) is 0 Å². The molecule has 0 saturated carbocycles. The zero-order chi connectivity index (χ0) is 10.4. The molecule has 2 N–H and O–H groups in total. The fraction of sp³-hybridized carbons (Fsp3) is 0.400. The van der Waals surface area contributed by atoms with Crippen molar-refractivity contribution in [3.05, 3.63) is 30.1 Å². The fourth-order valence-electron chi connectivity index (χ4n) is 1.25. The summed E-state index contributed by atoms with van der Waals surface area (Å²) in [6, 6.07) is 3.99. The third-order valence-electron chi connectivity index (χ3n) is 1.96. The van der Waals surface area contributed by atoms with Crippen LogP contribution in [-0.2, 0) is 6.54 Å². The Labute approximate surface area is 89.9 Å². The van der Waals surface area contributed by atoms with Gasteiger partial charge >= 0.3 is 0 Å². The van der Waals surface area contributed by atoms with E-state index in [4.69, 9.17) is 18.0 Å². The number of rotatable bonds is 5. The van der Waals surface area contributed by atoms with Gasteiger partial charge in [-0.1, -0.05) is 25.2 Å². The van der Waals surface area contributed by atoms with Crippen LogP contribution in [0.4, 0.5) is 0 Å². The second-order valence-electron chi connectivity index (χ2n) is 3.13. The predicted octanol–water partition coefficient (Wildman–Crippen LogP) is 1.19. The van der Waals surface area contributed by atoms with Gasteiger partial charge in [0.05, 0.1) is 4.99 Å². The van der Waals surface area contributed by atoms with Crippen LogP contribution in [0.1, 0.15) is 12.5 Å². The van der Waals surface area contributed by atoms with E-state index >= 15 is 0 Å². The van der Waals surface area contributed by atoms with E-state index in [9.17, 15) is 0 Å². The zero-order valence-corrected chi connectivity index (χ0v) is 9.13. The predicted molar refractivity (Wildman–Crippen MR) is 62.0 cm³/mol. The molecule has 0 aromatic carbocycles. The van der Waals surface area contributed by atoms with Gasteiger partial charge in [0.1, 0.15) is 0 Å². The summed E-state index contributed by atoms with van der Waals surface area (Å²) in [5.74, 6) is 0. The van der Waals surface area contributed by atoms with Gasteiger partial charge in [-0.3, -0.25) is 9.88 Å². The van der Waals surface area contributed by atoms with E-state index in [2.05, 4.69) is 22.9 Å². The quantitative estimate of drug-likeness (QED) is 0.740. The smallest absolute Gasteiger partial charge is 0.0870 e. The first-order chi connectivity index (χ1) is 6.72. The average Bonchev–Trinajstić information content (AvgIpc) is 2.17. The Hall–Kier alpha value is -1.00. The highest BCUT2D eigenvalue weighted by molar-refractivity contribution is 7.80. The van der Waals surface area contributed by atoms with Gasteiger partial charge in [-0.15, -0.1) is 0 Å². The lowest BCUT2D eigenvalue weighted by molar-refractivity contribution is 0.321. The first kappa shape index (κ1) is 11.1. The van der Waals surface area contributed by atoms with Gasteiger partial charge < -0.3 is 5.73 Å². The molecule has 0 fully saturated rings. The molecule has 0 aliphatic heterocycles. The number of likely N-dealkylation sites (N-methyl/N-ethyl adjacent to an activating group) is 1. The third-order valence-corrected chi connectivity index (χ3v) is 2.08. The van der Waals surface area contributed by atoms with Crippen molar-refractivity contribution >= 4 is 17.2 Å². The number of hydrogen-bond acceptors (Lipinski definition) is 3. The number of hydrogen-bond donors (Lipinski definition) is 1. The molecule has 3 nitrogen and oxygen atoms in total. The van der Waals surface area contributed by atoms with E-state index in [1.54, 1.807) is 6.20 Å². The molecule has 1 heterocycles. The molecule has 1 rings (SSSR count). The van der Waals surface area contributed by atoms with Gasteiger partial charge in [-0.25, -0.2) is 0 Å². The van der Waals surface area contributed by atoms with Crippen LogP contribution in [0.5, 0.6) is 0 Å². The van der Waals surface area contributed by atoms with E-state index in [-0.39, 0.29) is 0 Å². The molecular weight excluding hydrogens is 194 g/mol. The number of nitrogens with two attached hydrogens (primary N) is 1. The van der Waals surface area contributed by atoms with Crippen molar-refractivity contribution in [3.63, 3.8) is 0 Å². The SMILES string of the molecule is CCN(CC(N)=S)Cc1cccnc1. The number of pyridine rings is 1. The molecule has 1 aromatic rings. The summed E-state index contributed by atoms with van der Waals surface area (Å²) in [7, 11) is 0. The minimum atomic E-state index is 0.538. The average molecular weight is 209 g/mol. The summed E-state index contributed by atoms with van der Waals surface area (Å²) in [6.07, 6.45) is 3.63. The molecule has 0 spiro atoms. The Morgan fingerprint density at radius 1 is 1.64 bits per heavy atom. The number of aromatic nitrogens is 1. The molecule has 1 aromatic heterocycles. The molecule has 0 atom stereocenters. The van der Waals surface area contributed by atoms with Gasteiger partial charge in [-0.05, 0) is 18.2 Å². The molecule has 4 heteroatoms. The Bertz CT molecular complexity index is 287. The minimum absolute atomic E-state index is 0.538. The van der Waals surface area contributed by atoms with Crippen LogP contribution >= 0.6 is 12.2 Å². The Morgan fingerprint density at radius 3 is 2.93 bits per heavy atom. The fourth-order valence-corrected chi connectivity index (χ4v) is 1.43. The molecular formula is C10H15N3S. The van der Waals surface area contributed by atoms with Crippen LogP contribution < -0.4 is 5.73 Å². The summed E-state index contributed by atoms with van der Waals surface area (Å²) in [5.41, 5.74) is 6.68. The Balaban J connectivity index is 2.53. The standard InChI is InChI=1S/C10H15N3S/c1-2-13(8-10(11)14)7-9-4-3-5-12-6-9/h3-6H,2,7-8H2,1H3,(H2,11,14). The second kappa shape index (κ2) is 5.67. The van der Waals surface area contributed by atoms with E-state index in [0.29, 0.717) is 11.5 Å². The maximum absolute atomic E-state index is 5.50. The summed E-state index contributed by atoms with van der Waals surface area (Å²) >= 11 is 4.87. The van der Waals surface area contributed by atoms with Crippen LogP contribution in [0.2, 0.25) is 0 Å². The van der Waals surface area contributed by atoms with Crippen molar-refractivity contribution in [1.29, 1.82) is 0 Å². The molecule has 0 bridgehead atoms. The topological polar surface area (TPSA) is 42.1 Å². The normalized spacial score (nSPS) is 10.4. The highest BCUT2D eigenvalue weighted by Gasteiger charge is 2.04. The van der Waals surface area contributed by atoms with Crippen molar-refractivity contribution < 1.29 is 0 Å². The van der Waals surface area contributed by atoms with E-state index < -0.39 is 0 Å². The van der Waals surface area contributed by atoms with Crippen LogP contribution in [0.3, 0.4) is 0 Å². The Kier molecular flexibility index (Phi) is 4.49. The van der Waals surface area contributed by atoms with Gasteiger partial charge in [0.25, 0.3) is 0 Å². The highest BCUT2D eigenvalue weighted by atomic mass is 32.1. The number of thiocarbonyl (C=S) groups is 1. The van der Waals surface area contributed by atoms with Crippen LogP contribution in [0, 0.1) is 0 Å². The minimum Gasteiger partial charge on any atom is -0.392 e. The molecule has 14 heavy (non-hydrogen) atoms. The molecule has 76 valence electrons. The molecule has 0 radical (unpaired) electrons. The van der Waals surface area contributed by atoms with Crippen LogP contribution in [0.25, 0.3) is 0 Å². The van der Waals surface area contributed by atoms with Crippen molar-refractivity contribution in [2.75, 3.05) is 13.1 Å². The van der Waals surface area contributed by atoms with Crippen molar-refractivity contribution in [1.82, 2.24) is 9.88 Å². The lowest BCUT2D eigenvalue weighted by Crippen LogP contribution is -2.32. The third kappa shape index (κ3) is 3.81. The lowest BCUT2D eigenvalue weighted by Gasteiger charge is -2.19. The molecule has 0 amide bonds. The van der Waals surface area contributed by atoms with Crippen molar-refractivity contribution in [2.24, 2.45) is 5.73 Å². The van der Waals surface area contributed by atoms with Crippen molar-refractivity contribution in [2.45, 2.75) is 13.5 Å². The van der Waals surface area contributed by atoms with Crippen LogP contribution in [-0.4, -0.2) is 28.0 Å². The summed E-state index contributed by atoms with van der Waals surface area (Å²) < 4.78 is 0. The van der Waals surface area contributed by atoms with E-state index in [1.807, 2.05) is 12.3 Å². The van der Waals surface area contributed by atoms with E-state index in [0.717, 1.165) is 13.1 Å². The first-order valence-electron chi connectivity index (χ1n) is 4.62. The second-order valence-corrected chi connectivity index (χ2v) is 3.66. The number of nitrogens with zero attached hydrogens (tertiary/aromatic N) is 2. The van der Waals surface area contributed by atoms with Gasteiger partial charge in [0.15, 0.2) is 0 Å². The summed E-state index contributed by atoms with van der Waals surface area (Å²) in [6.45, 7) is 4.54. The maximum Gasteiger partial charge on any atom is 0.0870 e. The highest BCUT2D eigenvalue weighted by Crippen LogP contribution is 2.01. The summed E-state index contributed by atoms with van der Waals surface area (Å²) in [5, 5.41) is 0.